The van der Waals surface area contributed by atoms with Crippen molar-refractivity contribution in [2.75, 3.05) is 0 Å². The number of ether oxygens (including phenoxy) is 1. The van der Waals surface area contributed by atoms with Gasteiger partial charge in [-0.15, -0.1) is 0 Å². The summed E-state index contributed by atoms with van der Waals surface area (Å²) in [6.45, 7) is 1.34. The van der Waals surface area contributed by atoms with Gasteiger partial charge in [0, 0.05) is 12.3 Å². The zero-order valence-electron chi connectivity index (χ0n) is 7.01. The Balaban J connectivity index is 2.91. The van der Waals surface area contributed by atoms with Crippen LogP contribution in [-0.4, -0.2) is 5.97 Å². The van der Waals surface area contributed by atoms with Gasteiger partial charge in [0.1, 0.15) is 5.75 Å². The van der Waals surface area contributed by atoms with Crippen LogP contribution in [0.5, 0.6) is 5.75 Å². The van der Waals surface area contributed by atoms with Crippen LogP contribution in [0.1, 0.15) is 12.5 Å². The Bertz CT molecular complexity index is 325. The van der Waals surface area contributed by atoms with E-state index in [4.69, 9.17) is 16.3 Å². The van der Waals surface area contributed by atoms with E-state index in [1.165, 1.54) is 6.92 Å². The summed E-state index contributed by atoms with van der Waals surface area (Å²) in [6.07, 6.45) is 0. The highest BCUT2D eigenvalue weighted by molar-refractivity contribution is 9.08. The number of carbonyl (C=O) groups is 1. The number of rotatable bonds is 2. The van der Waals surface area contributed by atoms with Gasteiger partial charge >= 0.3 is 5.97 Å². The lowest BCUT2D eigenvalue weighted by molar-refractivity contribution is -0.131. The second-order valence-corrected chi connectivity index (χ2v) is 3.46. The van der Waals surface area contributed by atoms with Crippen molar-refractivity contribution in [3.63, 3.8) is 0 Å². The minimum atomic E-state index is -0.367. The minimum absolute atomic E-state index is 0.367. The van der Waals surface area contributed by atoms with Crippen molar-refractivity contribution in [3.05, 3.63) is 28.8 Å². The van der Waals surface area contributed by atoms with Crippen LogP contribution < -0.4 is 4.74 Å². The molecule has 13 heavy (non-hydrogen) atoms. The molecule has 1 rings (SSSR count). The van der Waals surface area contributed by atoms with Gasteiger partial charge < -0.3 is 4.74 Å². The average molecular weight is 264 g/mol. The molecule has 0 fully saturated rings. The van der Waals surface area contributed by atoms with Crippen molar-refractivity contribution in [2.24, 2.45) is 0 Å². The molecule has 70 valence electrons. The first-order valence-electron chi connectivity index (χ1n) is 3.66. The molecular weight excluding hydrogens is 255 g/mol. The summed E-state index contributed by atoms with van der Waals surface area (Å²) in [5.41, 5.74) is 1.04. The first-order valence-corrected chi connectivity index (χ1v) is 5.16. The van der Waals surface area contributed by atoms with Crippen LogP contribution in [-0.2, 0) is 10.1 Å². The van der Waals surface area contributed by atoms with E-state index in [0.29, 0.717) is 10.8 Å². The van der Waals surface area contributed by atoms with E-state index in [9.17, 15) is 4.79 Å². The fourth-order valence-electron chi connectivity index (χ4n) is 0.865. The van der Waals surface area contributed by atoms with E-state index in [1.54, 1.807) is 12.1 Å². The van der Waals surface area contributed by atoms with Crippen LogP contribution in [0.2, 0.25) is 5.02 Å². The molecule has 0 amide bonds. The Morgan fingerprint density at radius 1 is 1.62 bits per heavy atom. The van der Waals surface area contributed by atoms with E-state index in [-0.39, 0.29) is 5.97 Å². The molecule has 0 atom stereocenters. The average Bonchev–Trinajstić information content (AvgIpc) is 2.08. The van der Waals surface area contributed by atoms with Gasteiger partial charge in [0.05, 0.1) is 5.02 Å². The second-order valence-electron chi connectivity index (χ2n) is 2.49. The van der Waals surface area contributed by atoms with E-state index in [0.717, 1.165) is 10.9 Å². The molecule has 0 N–H and O–H groups in total. The molecule has 0 saturated heterocycles. The number of benzene rings is 1. The molecule has 0 aromatic heterocycles. The predicted octanol–water partition coefficient (Wildman–Crippen LogP) is 3.16. The topological polar surface area (TPSA) is 26.3 Å². The number of halogens is 2. The van der Waals surface area contributed by atoms with Crippen LogP contribution in [0, 0.1) is 0 Å². The lowest BCUT2D eigenvalue weighted by Gasteiger charge is -2.04. The number of esters is 1. The zero-order valence-corrected chi connectivity index (χ0v) is 9.35. The maximum absolute atomic E-state index is 10.6. The molecule has 0 aliphatic rings. The van der Waals surface area contributed by atoms with Gasteiger partial charge in [0.25, 0.3) is 0 Å². The van der Waals surface area contributed by atoms with E-state index < -0.39 is 0 Å². The van der Waals surface area contributed by atoms with Gasteiger partial charge in [-0.2, -0.15) is 0 Å². The van der Waals surface area contributed by atoms with E-state index in [2.05, 4.69) is 15.9 Å². The summed E-state index contributed by atoms with van der Waals surface area (Å²) in [6, 6.07) is 5.29. The smallest absolute Gasteiger partial charge is 0.308 e. The molecule has 0 spiro atoms. The fraction of sp³-hybridized carbons (Fsp3) is 0.222. The predicted molar refractivity (Wildman–Crippen MR) is 55.4 cm³/mol. The molecule has 0 aliphatic carbocycles. The summed E-state index contributed by atoms with van der Waals surface area (Å²) in [5, 5.41) is 1.18. The molecular formula is C9H8BrClO2. The molecule has 0 heterocycles. The Morgan fingerprint density at radius 2 is 2.31 bits per heavy atom. The third-order valence-electron chi connectivity index (χ3n) is 1.40. The number of hydrogen-bond donors (Lipinski definition) is 0. The highest BCUT2D eigenvalue weighted by Crippen LogP contribution is 2.26. The van der Waals surface area contributed by atoms with Crippen LogP contribution >= 0.6 is 27.5 Å². The molecule has 0 aliphatic heterocycles. The minimum Gasteiger partial charge on any atom is -0.425 e. The number of alkyl halides is 1. The summed E-state index contributed by atoms with van der Waals surface area (Å²) in [7, 11) is 0. The number of carbonyl (C=O) groups excluding carboxylic acids is 1. The monoisotopic (exact) mass is 262 g/mol. The van der Waals surface area contributed by atoms with Gasteiger partial charge in [0.2, 0.25) is 0 Å². The Morgan fingerprint density at radius 3 is 2.77 bits per heavy atom. The second kappa shape index (κ2) is 4.63. The largest absolute Gasteiger partial charge is 0.425 e. The fourth-order valence-corrected chi connectivity index (χ4v) is 1.46. The summed E-state index contributed by atoms with van der Waals surface area (Å²) < 4.78 is 4.86. The van der Waals surface area contributed by atoms with Crippen LogP contribution in [0.4, 0.5) is 0 Å². The van der Waals surface area contributed by atoms with Crippen molar-refractivity contribution in [2.45, 2.75) is 12.3 Å². The normalized spacial score (nSPS) is 9.77. The van der Waals surface area contributed by atoms with Gasteiger partial charge in [-0.05, 0) is 17.7 Å². The van der Waals surface area contributed by atoms with Gasteiger partial charge in [-0.3, -0.25) is 4.79 Å². The van der Waals surface area contributed by atoms with Crippen molar-refractivity contribution in [1.29, 1.82) is 0 Å². The summed E-state index contributed by atoms with van der Waals surface area (Å²) in [4.78, 5) is 10.6. The van der Waals surface area contributed by atoms with Gasteiger partial charge in [-0.1, -0.05) is 33.6 Å². The molecule has 0 radical (unpaired) electrons. The van der Waals surface area contributed by atoms with Crippen LogP contribution in [0.15, 0.2) is 18.2 Å². The molecule has 0 saturated carbocycles. The highest BCUT2D eigenvalue weighted by Gasteiger charge is 2.04. The molecule has 1 aromatic rings. The van der Waals surface area contributed by atoms with E-state index >= 15 is 0 Å². The molecule has 0 bridgehead atoms. The summed E-state index contributed by atoms with van der Waals surface area (Å²) in [5.74, 6) is 0.0346. The zero-order chi connectivity index (χ0) is 9.84. The van der Waals surface area contributed by atoms with Crippen molar-refractivity contribution in [1.82, 2.24) is 0 Å². The molecule has 2 nitrogen and oxygen atoms in total. The molecule has 4 heteroatoms. The third kappa shape index (κ3) is 3.01. The van der Waals surface area contributed by atoms with Crippen LogP contribution in [0.3, 0.4) is 0 Å². The van der Waals surface area contributed by atoms with Gasteiger partial charge in [-0.25, -0.2) is 0 Å². The Labute approximate surface area is 90.0 Å². The van der Waals surface area contributed by atoms with Gasteiger partial charge in [0.15, 0.2) is 0 Å². The third-order valence-corrected chi connectivity index (χ3v) is 2.35. The SMILES string of the molecule is CC(=O)Oc1ccc(CBr)cc1Cl. The number of hydrogen-bond acceptors (Lipinski definition) is 2. The molecule has 0 unspecified atom stereocenters. The van der Waals surface area contributed by atoms with E-state index in [1.807, 2.05) is 6.07 Å². The highest BCUT2D eigenvalue weighted by atomic mass is 79.9. The lowest BCUT2D eigenvalue weighted by Crippen LogP contribution is -2.01. The quantitative estimate of drug-likeness (QED) is 0.465. The maximum Gasteiger partial charge on any atom is 0.308 e. The van der Waals surface area contributed by atoms with Crippen molar-refractivity contribution in [3.8, 4) is 5.75 Å². The Hall–Kier alpha value is -0.540. The maximum atomic E-state index is 10.6. The first kappa shape index (κ1) is 10.5. The van der Waals surface area contributed by atoms with Crippen molar-refractivity contribution < 1.29 is 9.53 Å². The van der Waals surface area contributed by atoms with Crippen molar-refractivity contribution >= 4 is 33.5 Å². The Kier molecular flexibility index (Phi) is 3.75. The first-order chi connectivity index (χ1) is 6.13. The van der Waals surface area contributed by atoms with Crippen LogP contribution in [0.25, 0.3) is 0 Å². The molecule has 1 aromatic carbocycles. The standard InChI is InChI=1S/C9H8BrClO2/c1-6(12)13-9-3-2-7(5-10)4-8(9)11/h2-4H,5H2,1H3. The lowest BCUT2D eigenvalue weighted by atomic mass is 10.2. The summed E-state index contributed by atoms with van der Waals surface area (Å²) >= 11 is 9.15.